The molecule has 6 heteroatoms. The molecule has 0 aliphatic heterocycles. The number of fused-ring (bicyclic) bond motifs is 1. The summed E-state index contributed by atoms with van der Waals surface area (Å²) in [6, 6.07) is 11.6. The smallest absolute Gasteiger partial charge is 0.254 e. The van der Waals surface area contributed by atoms with Crippen LogP contribution in [0.4, 0.5) is 0 Å². The third-order valence-electron chi connectivity index (χ3n) is 4.68. The minimum Gasteiger partial charge on any atom is -0.352 e. The van der Waals surface area contributed by atoms with Gasteiger partial charge >= 0.3 is 0 Å². The number of hydrogen-bond donors (Lipinski definition) is 2. The molecule has 134 valence electrons. The van der Waals surface area contributed by atoms with E-state index in [-0.39, 0.29) is 5.91 Å². The van der Waals surface area contributed by atoms with Gasteiger partial charge in [-0.1, -0.05) is 25.0 Å². The van der Waals surface area contributed by atoms with Crippen molar-refractivity contribution >= 4 is 28.7 Å². The van der Waals surface area contributed by atoms with E-state index in [0.29, 0.717) is 23.8 Å². The van der Waals surface area contributed by atoms with Crippen molar-refractivity contribution in [2.75, 3.05) is 6.54 Å². The van der Waals surface area contributed by atoms with E-state index in [4.69, 9.17) is 0 Å². The van der Waals surface area contributed by atoms with Crippen LogP contribution in [0.25, 0.3) is 11.0 Å². The lowest BCUT2D eigenvalue weighted by Crippen LogP contribution is -2.26. The Balaban J connectivity index is 1.37. The fourth-order valence-electron chi connectivity index (χ4n) is 3.34. The molecule has 1 saturated carbocycles. The summed E-state index contributed by atoms with van der Waals surface area (Å²) in [6.45, 7) is 0.543. The number of imidazole rings is 1. The molecule has 1 aromatic carbocycles. The van der Waals surface area contributed by atoms with Gasteiger partial charge in [0.15, 0.2) is 0 Å². The summed E-state index contributed by atoms with van der Waals surface area (Å²) in [5.74, 6) is 0.827. The number of H-pyrrole nitrogens is 1. The van der Waals surface area contributed by atoms with Gasteiger partial charge in [-0.25, -0.2) is 9.97 Å². The number of carbonyl (C=O) groups excluding carboxylic acids is 1. The Morgan fingerprint density at radius 2 is 2.04 bits per heavy atom. The number of carbonyl (C=O) groups is 1. The number of nitrogens with zero attached hydrogens (tertiary/aromatic N) is 2. The molecular formula is C20H22N4OS. The van der Waals surface area contributed by atoms with Crippen LogP contribution >= 0.6 is 11.8 Å². The SMILES string of the molecule is O=C(NCCc1nc2ccccc2[nH]1)c1cccnc1SC1CCCC1. The Kier molecular flexibility index (Phi) is 5.20. The zero-order valence-corrected chi connectivity index (χ0v) is 15.4. The summed E-state index contributed by atoms with van der Waals surface area (Å²) >= 11 is 1.75. The predicted molar refractivity (Wildman–Crippen MR) is 104 cm³/mol. The van der Waals surface area contributed by atoms with E-state index in [1.807, 2.05) is 36.4 Å². The molecule has 1 fully saturated rings. The maximum atomic E-state index is 12.6. The Morgan fingerprint density at radius 1 is 1.19 bits per heavy atom. The molecule has 1 aliphatic rings. The number of amides is 1. The summed E-state index contributed by atoms with van der Waals surface area (Å²) in [4.78, 5) is 24.9. The maximum Gasteiger partial charge on any atom is 0.254 e. The summed E-state index contributed by atoms with van der Waals surface area (Å²) in [6.07, 6.45) is 7.43. The first kappa shape index (κ1) is 17.1. The minimum atomic E-state index is -0.0605. The van der Waals surface area contributed by atoms with Crippen LogP contribution in [-0.2, 0) is 6.42 Å². The number of para-hydroxylation sites is 2. The van der Waals surface area contributed by atoms with Gasteiger partial charge in [0.25, 0.3) is 5.91 Å². The molecule has 0 atom stereocenters. The first-order chi connectivity index (χ1) is 12.8. The molecule has 0 saturated heterocycles. The van der Waals surface area contributed by atoms with Gasteiger partial charge in [-0.3, -0.25) is 4.79 Å². The van der Waals surface area contributed by atoms with Gasteiger partial charge in [-0.05, 0) is 37.1 Å². The van der Waals surface area contributed by atoms with Crippen molar-refractivity contribution in [1.82, 2.24) is 20.3 Å². The van der Waals surface area contributed by atoms with Crippen molar-refractivity contribution in [2.24, 2.45) is 0 Å². The Hall–Kier alpha value is -2.34. The van der Waals surface area contributed by atoms with E-state index in [0.717, 1.165) is 21.9 Å². The zero-order valence-electron chi connectivity index (χ0n) is 14.6. The minimum absolute atomic E-state index is 0.0605. The number of aromatic amines is 1. The van der Waals surface area contributed by atoms with Crippen LogP contribution in [0.1, 0.15) is 41.9 Å². The van der Waals surface area contributed by atoms with Crippen molar-refractivity contribution < 1.29 is 4.79 Å². The van der Waals surface area contributed by atoms with Crippen molar-refractivity contribution in [3.63, 3.8) is 0 Å². The summed E-state index contributed by atoms with van der Waals surface area (Å²) in [7, 11) is 0. The zero-order chi connectivity index (χ0) is 17.8. The maximum absolute atomic E-state index is 12.6. The number of rotatable bonds is 6. The summed E-state index contributed by atoms with van der Waals surface area (Å²) < 4.78 is 0. The van der Waals surface area contributed by atoms with E-state index in [2.05, 4.69) is 20.3 Å². The number of nitrogens with one attached hydrogen (secondary N) is 2. The lowest BCUT2D eigenvalue weighted by Gasteiger charge is -2.12. The lowest BCUT2D eigenvalue weighted by molar-refractivity contribution is 0.0950. The van der Waals surface area contributed by atoms with Crippen LogP contribution < -0.4 is 5.32 Å². The van der Waals surface area contributed by atoms with Crippen molar-refractivity contribution in [3.05, 3.63) is 54.0 Å². The number of benzene rings is 1. The highest BCUT2D eigenvalue weighted by Gasteiger charge is 2.20. The Morgan fingerprint density at radius 3 is 2.88 bits per heavy atom. The molecule has 4 rings (SSSR count). The highest BCUT2D eigenvalue weighted by Crippen LogP contribution is 2.35. The molecule has 1 amide bonds. The third kappa shape index (κ3) is 3.90. The topological polar surface area (TPSA) is 70.7 Å². The molecule has 0 bridgehead atoms. The van der Waals surface area contributed by atoms with E-state index in [1.54, 1.807) is 18.0 Å². The normalized spacial score (nSPS) is 14.8. The number of aromatic nitrogens is 3. The standard InChI is InChI=1S/C20H22N4OS/c25-19(15-8-5-12-22-20(15)26-14-6-1-2-7-14)21-13-11-18-23-16-9-3-4-10-17(16)24-18/h3-5,8-10,12,14H,1-2,6-7,11,13H2,(H,21,25)(H,23,24). The van der Waals surface area contributed by atoms with E-state index in [9.17, 15) is 4.79 Å². The van der Waals surface area contributed by atoms with Gasteiger partial charge in [0.2, 0.25) is 0 Å². The third-order valence-corrected chi connectivity index (χ3v) is 6.04. The fraction of sp³-hybridized carbons (Fsp3) is 0.350. The summed E-state index contributed by atoms with van der Waals surface area (Å²) in [5.41, 5.74) is 2.65. The average Bonchev–Trinajstić information content (AvgIpc) is 3.31. The van der Waals surface area contributed by atoms with Crippen LogP contribution in [0.2, 0.25) is 0 Å². The second-order valence-corrected chi connectivity index (χ2v) is 7.88. The highest BCUT2D eigenvalue weighted by molar-refractivity contribution is 7.99. The Labute approximate surface area is 157 Å². The number of thioether (sulfide) groups is 1. The van der Waals surface area contributed by atoms with Crippen molar-refractivity contribution in [2.45, 2.75) is 42.4 Å². The van der Waals surface area contributed by atoms with Crippen molar-refractivity contribution in [3.8, 4) is 0 Å². The molecule has 0 unspecified atom stereocenters. The molecule has 0 radical (unpaired) electrons. The molecule has 5 nitrogen and oxygen atoms in total. The first-order valence-corrected chi connectivity index (χ1v) is 10.0. The van der Waals surface area contributed by atoms with Crippen LogP contribution in [-0.4, -0.2) is 32.7 Å². The van der Waals surface area contributed by atoms with Gasteiger partial charge < -0.3 is 10.3 Å². The molecular weight excluding hydrogens is 344 g/mol. The van der Waals surface area contributed by atoms with Crippen LogP contribution in [0.3, 0.4) is 0 Å². The van der Waals surface area contributed by atoms with Crippen LogP contribution in [0, 0.1) is 0 Å². The van der Waals surface area contributed by atoms with Gasteiger partial charge in [0, 0.05) is 24.4 Å². The Bertz CT molecular complexity index is 868. The monoisotopic (exact) mass is 366 g/mol. The predicted octanol–water partition coefficient (Wildman–Crippen LogP) is 3.97. The van der Waals surface area contributed by atoms with E-state index >= 15 is 0 Å². The van der Waals surface area contributed by atoms with Crippen LogP contribution in [0.15, 0.2) is 47.6 Å². The van der Waals surface area contributed by atoms with Gasteiger partial charge in [0.1, 0.15) is 10.9 Å². The van der Waals surface area contributed by atoms with Gasteiger partial charge in [-0.15, -0.1) is 11.8 Å². The fourth-order valence-corrected chi connectivity index (χ4v) is 4.63. The largest absolute Gasteiger partial charge is 0.352 e. The summed E-state index contributed by atoms with van der Waals surface area (Å²) in [5, 5.41) is 4.44. The molecule has 26 heavy (non-hydrogen) atoms. The second-order valence-electron chi connectivity index (χ2n) is 6.59. The number of pyridine rings is 1. The molecule has 2 aromatic heterocycles. The molecule has 3 aromatic rings. The van der Waals surface area contributed by atoms with Gasteiger partial charge in [0.05, 0.1) is 16.6 Å². The first-order valence-electron chi connectivity index (χ1n) is 9.13. The highest BCUT2D eigenvalue weighted by atomic mass is 32.2. The molecule has 2 N–H and O–H groups in total. The van der Waals surface area contributed by atoms with Crippen molar-refractivity contribution in [1.29, 1.82) is 0 Å². The quantitative estimate of drug-likeness (QED) is 0.693. The van der Waals surface area contributed by atoms with Crippen LogP contribution in [0.5, 0.6) is 0 Å². The molecule has 1 aliphatic carbocycles. The molecule has 0 spiro atoms. The van der Waals surface area contributed by atoms with E-state index < -0.39 is 0 Å². The second kappa shape index (κ2) is 7.91. The average molecular weight is 366 g/mol. The van der Waals surface area contributed by atoms with E-state index in [1.165, 1.54) is 25.7 Å². The van der Waals surface area contributed by atoms with Gasteiger partial charge in [-0.2, -0.15) is 0 Å². The molecule has 2 heterocycles. The number of hydrogen-bond acceptors (Lipinski definition) is 4. The lowest BCUT2D eigenvalue weighted by atomic mass is 10.2.